The maximum atomic E-state index is 13.1. The van der Waals surface area contributed by atoms with Crippen LogP contribution in [0, 0.1) is 0 Å². The topological polar surface area (TPSA) is 190 Å². The van der Waals surface area contributed by atoms with E-state index in [9.17, 15) is 40.5 Å². The fourth-order valence-electron chi connectivity index (χ4n) is 3.23. The summed E-state index contributed by atoms with van der Waals surface area (Å²) in [7, 11) is 0. The summed E-state index contributed by atoms with van der Waals surface area (Å²) in [6, 6.07) is 5.50. The molecule has 31 heavy (non-hydrogen) atoms. The second-order valence-corrected chi connectivity index (χ2v) is 7.00. The Hall–Kier alpha value is -3.51. The minimum Gasteiger partial charge on any atom is -0.508 e. The van der Waals surface area contributed by atoms with Crippen molar-refractivity contribution in [1.82, 2.24) is 0 Å². The van der Waals surface area contributed by atoms with Crippen molar-refractivity contribution in [2.24, 2.45) is 0 Å². The van der Waals surface area contributed by atoms with E-state index >= 15 is 0 Å². The molecule has 2 unspecified atom stereocenters. The van der Waals surface area contributed by atoms with Gasteiger partial charge >= 0.3 is 0 Å². The molecule has 1 fully saturated rings. The predicted molar refractivity (Wildman–Crippen MR) is 103 cm³/mol. The van der Waals surface area contributed by atoms with E-state index in [0.717, 1.165) is 24.3 Å². The number of phenolic OH excluding ortho intramolecular Hbond substituents is 4. The smallest absolute Gasteiger partial charge is 0.239 e. The lowest BCUT2D eigenvalue weighted by molar-refractivity contribution is -0.242. The summed E-state index contributed by atoms with van der Waals surface area (Å²) < 4.78 is 16.3. The zero-order chi connectivity index (χ0) is 22.4. The number of rotatable bonds is 3. The van der Waals surface area contributed by atoms with Gasteiger partial charge in [0.05, 0.1) is 6.61 Å². The lowest BCUT2D eigenvalue weighted by Crippen LogP contribution is -2.55. The molecule has 0 radical (unpaired) electrons. The summed E-state index contributed by atoms with van der Waals surface area (Å²) in [5.74, 6) is -2.79. The zero-order valence-electron chi connectivity index (χ0n) is 15.7. The summed E-state index contributed by atoms with van der Waals surface area (Å²) in [4.78, 5) is 13.1. The average Bonchev–Trinajstić information content (AvgIpc) is 2.71. The van der Waals surface area contributed by atoms with Gasteiger partial charge in [-0.1, -0.05) is 0 Å². The molecule has 0 aliphatic carbocycles. The lowest BCUT2D eigenvalue weighted by Gasteiger charge is -2.34. The van der Waals surface area contributed by atoms with Gasteiger partial charge in [-0.15, -0.1) is 0 Å². The van der Waals surface area contributed by atoms with Gasteiger partial charge in [-0.3, -0.25) is 4.79 Å². The van der Waals surface area contributed by atoms with Crippen molar-refractivity contribution in [2.75, 3.05) is 6.61 Å². The summed E-state index contributed by atoms with van der Waals surface area (Å²) in [5.41, 5.74) is -1.05. The van der Waals surface area contributed by atoms with Crippen molar-refractivity contribution in [3.63, 3.8) is 0 Å². The monoisotopic (exact) mass is 434 g/mol. The van der Waals surface area contributed by atoms with Crippen molar-refractivity contribution in [3.8, 4) is 40.1 Å². The van der Waals surface area contributed by atoms with Crippen LogP contribution in [-0.4, -0.2) is 67.0 Å². The molecule has 0 bridgehead atoms. The van der Waals surface area contributed by atoms with Crippen LogP contribution in [0.1, 0.15) is 0 Å². The first-order chi connectivity index (χ1) is 14.7. The third-order valence-electron chi connectivity index (χ3n) is 4.84. The highest BCUT2D eigenvalue weighted by molar-refractivity contribution is 5.88. The quantitative estimate of drug-likeness (QED) is 0.277. The Morgan fingerprint density at radius 2 is 1.65 bits per heavy atom. The van der Waals surface area contributed by atoms with E-state index in [-0.39, 0.29) is 28.0 Å². The Kier molecular flexibility index (Phi) is 5.11. The fourth-order valence-corrected chi connectivity index (χ4v) is 3.23. The van der Waals surface area contributed by atoms with Gasteiger partial charge in [0.25, 0.3) is 0 Å². The van der Waals surface area contributed by atoms with Gasteiger partial charge in [-0.2, -0.15) is 0 Å². The van der Waals surface area contributed by atoms with Crippen molar-refractivity contribution in [3.05, 3.63) is 40.6 Å². The number of benzene rings is 2. The number of aliphatic hydroxyl groups excluding tert-OH is 3. The summed E-state index contributed by atoms with van der Waals surface area (Å²) in [5, 5.41) is 68.6. The van der Waals surface area contributed by atoms with E-state index < -0.39 is 59.6 Å². The van der Waals surface area contributed by atoms with Crippen molar-refractivity contribution < 1.29 is 49.6 Å². The second kappa shape index (κ2) is 7.63. The van der Waals surface area contributed by atoms with Gasteiger partial charge in [-0.05, 0) is 18.2 Å². The minimum absolute atomic E-state index is 0.0676. The van der Waals surface area contributed by atoms with Gasteiger partial charge < -0.3 is 49.6 Å². The Morgan fingerprint density at radius 1 is 0.903 bits per heavy atom. The highest BCUT2D eigenvalue weighted by Gasteiger charge is 2.40. The molecule has 7 N–H and O–H groups in total. The molecule has 4 atom stereocenters. The molecule has 2 aromatic carbocycles. The summed E-state index contributed by atoms with van der Waals surface area (Å²) >= 11 is 0. The number of hydrogen-bond acceptors (Lipinski definition) is 11. The molecule has 1 saturated heterocycles. The van der Waals surface area contributed by atoms with Crippen LogP contribution < -0.4 is 10.2 Å². The highest BCUT2D eigenvalue weighted by atomic mass is 16.7. The molecule has 0 amide bonds. The molecule has 4 rings (SSSR count). The van der Waals surface area contributed by atoms with Gasteiger partial charge in [0, 0.05) is 17.7 Å². The molecule has 1 aromatic heterocycles. The second-order valence-electron chi connectivity index (χ2n) is 7.00. The molecule has 3 aromatic rings. The van der Waals surface area contributed by atoms with Gasteiger partial charge in [-0.25, -0.2) is 0 Å². The molecule has 0 spiro atoms. The third-order valence-corrected chi connectivity index (χ3v) is 4.84. The normalized spacial score (nSPS) is 23.7. The van der Waals surface area contributed by atoms with Gasteiger partial charge in [0.1, 0.15) is 40.8 Å². The summed E-state index contributed by atoms with van der Waals surface area (Å²) in [6.45, 7) is -0.393. The Morgan fingerprint density at radius 3 is 2.35 bits per heavy atom. The number of aliphatic hydroxyl groups is 3. The first-order valence-electron chi connectivity index (χ1n) is 9.05. The van der Waals surface area contributed by atoms with E-state index in [2.05, 4.69) is 0 Å². The highest BCUT2D eigenvalue weighted by Crippen LogP contribution is 2.39. The number of hydrogen-bond donors (Lipinski definition) is 7. The van der Waals surface area contributed by atoms with Crippen LogP contribution in [-0.2, 0) is 4.74 Å². The molecule has 1 aliphatic rings. The van der Waals surface area contributed by atoms with E-state index in [4.69, 9.17) is 13.9 Å². The van der Waals surface area contributed by atoms with Crippen LogP contribution >= 0.6 is 0 Å². The van der Waals surface area contributed by atoms with Crippen LogP contribution in [0.15, 0.2) is 39.5 Å². The molecule has 11 nitrogen and oxygen atoms in total. The summed E-state index contributed by atoms with van der Waals surface area (Å²) in [6.07, 6.45) is -6.29. The molecule has 1 aliphatic heterocycles. The van der Waals surface area contributed by atoms with Crippen LogP contribution in [0.4, 0.5) is 0 Å². The zero-order valence-corrected chi connectivity index (χ0v) is 15.7. The number of phenols is 4. The largest absolute Gasteiger partial charge is 0.508 e. The molecule has 2 heterocycles. The number of ether oxygens (including phenoxy) is 2. The van der Waals surface area contributed by atoms with E-state index in [1.54, 1.807) is 0 Å². The van der Waals surface area contributed by atoms with E-state index in [1.807, 2.05) is 0 Å². The van der Waals surface area contributed by atoms with Crippen molar-refractivity contribution >= 4 is 11.0 Å². The first-order valence-corrected chi connectivity index (χ1v) is 9.05. The van der Waals surface area contributed by atoms with E-state index in [1.165, 1.54) is 6.07 Å². The van der Waals surface area contributed by atoms with E-state index in [0.29, 0.717) is 0 Å². The molecule has 0 saturated carbocycles. The minimum atomic E-state index is -1.73. The average molecular weight is 434 g/mol. The van der Waals surface area contributed by atoms with Crippen molar-refractivity contribution in [1.29, 1.82) is 0 Å². The molecule has 11 heteroatoms. The Balaban J connectivity index is 1.92. The van der Waals surface area contributed by atoms with Gasteiger partial charge in [0.15, 0.2) is 17.3 Å². The number of fused-ring (bicyclic) bond motifs is 1. The van der Waals surface area contributed by atoms with Crippen LogP contribution in [0.2, 0.25) is 0 Å². The lowest BCUT2D eigenvalue weighted by atomic mass is 10.1. The standard InChI is InChI=1S/C20H18O11/c21-8-4-11(24)14-13(5-8)30-18(7-1-2-9(22)10(23)3-7)19(16(14)27)31-20-17(28)15(26)12(25)6-29-20/h1-5,12,15,17,20-26,28H,6H2/t12-,15?,17?,20-/m0/s1. The maximum absolute atomic E-state index is 13.1. The number of aromatic hydroxyl groups is 4. The maximum Gasteiger partial charge on any atom is 0.239 e. The van der Waals surface area contributed by atoms with Crippen LogP contribution in [0.25, 0.3) is 22.3 Å². The first kappa shape index (κ1) is 20.8. The van der Waals surface area contributed by atoms with Gasteiger partial charge in [0.2, 0.25) is 17.5 Å². The molecular weight excluding hydrogens is 416 g/mol. The fraction of sp³-hybridized carbons (Fsp3) is 0.250. The predicted octanol–water partition coefficient (Wildman–Crippen LogP) is 0.100. The Labute approximate surface area is 173 Å². The van der Waals surface area contributed by atoms with Crippen molar-refractivity contribution in [2.45, 2.75) is 24.6 Å². The van der Waals surface area contributed by atoms with Crippen LogP contribution in [0.5, 0.6) is 28.7 Å². The third kappa shape index (κ3) is 3.59. The van der Waals surface area contributed by atoms with Crippen LogP contribution in [0.3, 0.4) is 0 Å². The SMILES string of the molecule is O=c1c(O[C@@H]2OC[C@H](O)C(O)C2O)c(-c2ccc(O)c(O)c2)oc2cc(O)cc(O)c12. The molecule has 164 valence electrons. The molecular formula is C20H18O11. The Bertz CT molecular complexity index is 1200.